The first-order valence-electron chi connectivity index (χ1n) is 6.78. The van der Waals surface area contributed by atoms with Crippen molar-refractivity contribution in [3.8, 4) is 0 Å². The number of hydrogen-bond acceptors (Lipinski definition) is 1. The van der Waals surface area contributed by atoms with E-state index in [1.807, 2.05) is 0 Å². The Kier molecular flexibility index (Phi) is 4.60. The van der Waals surface area contributed by atoms with E-state index in [0.29, 0.717) is 12.8 Å². The predicted molar refractivity (Wildman–Crippen MR) is 72.5 cm³/mol. The fraction of sp³-hybridized carbons (Fsp3) is 0.571. The van der Waals surface area contributed by atoms with E-state index in [-0.39, 0.29) is 10.9 Å². The summed E-state index contributed by atoms with van der Waals surface area (Å²) in [6.07, 6.45) is -1.51. The third-order valence-corrected chi connectivity index (χ3v) is 6.43. The van der Waals surface area contributed by atoms with Gasteiger partial charge in [0.2, 0.25) is 7.37 Å². The summed E-state index contributed by atoms with van der Waals surface area (Å²) >= 11 is 0. The Morgan fingerprint density at radius 2 is 1.75 bits per heavy atom. The van der Waals surface area contributed by atoms with Crippen LogP contribution in [0.3, 0.4) is 0 Å². The average Bonchev–Trinajstić information content (AvgIpc) is 2.38. The van der Waals surface area contributed by atoms with Crippen LogP contribution in [0.5, 0.6) is 0 Å². The van der Waals surface area contributed by atoms with Gasteiger partial charge in [0.25, 0.3) is 0 Å². The van der Waals surface area contributed by atoms with Crippen molar-refractivity contribution in [3.63, 3.8) is 0 Å². The van der Waals surface area contributed by atoms with Crippen molar-refractivity contribution in [1.29, 1.82) is 0 Å². The predicted octanol–water partition coefficient (Wildman–Crippen LogP) is 4.02. The van der Waals surface area contributed by atoms with Crippen LogP contribution in [0.2, 0.25) is 0 Å². The zero-order valence-electron chi connectivity index (χ0n) is 11.1. The molecular weight excluding hydrogens is 288 g/mol. The van der Waals surface area contributed by atoms with E-state index in [4.69, 9.17) is 0 Å². The number of benzene rings is 1. The lowest BCUT2D eigenvalue weighted by Crippen LogP contribution is -2.25. The highest BCUT2D eigenvalue weighted by Gasteiger charge is 2.37. The van der Waals surface area contributed by atoms with Gasteiger partial charge in [-0.2, -0.15) is 13.2 Å². The summed E-state index contributed by atoms with van der Waals surface area (Å²) < 4.78 is 50.4. The minimum absolute atomic E-state index is 0.00998. The van der Waals surface area contributed by atoms with Crippen LogP contribution in [0.25, 0.3) is 0 Å². The second kappa shape index (κ2) is 5.90. The standard InChI is InChI=1S/C14H18F3O2P/c15-14(16,17)10-11-6-4-5-9-13(11)20(18,19)12-7-2-1-3-8-12/h4-6,9,12H,1-3,7-8,10H2,(H,18,19). The molecule has 20 heavy (non-hydrogen) atoms. The Bertz CT molecular complexity index is 507. The van der Waals surface area contributed by atoms with Crippen LogP contribution >= 0.6 is 7.37 Å². The molecule has 112 valence electrons. The van der Waals surface area contributed by atoms with E-state index in [2.05, 4.69) is 0 Å². The molecule has 6 heteroatoms. The molecule has 2 nitrogen and oxygen atoms in total. The number of alkyl halides is 3. The average molecular weight is 306 g/mol. The fourth-order valence-corrected chi connectivity index (χ4v) is 5.14. The van der Waals surface area contributed by atoms with Crippen LogP contribution in [0, 0.1) is 0 Å². The molecule has 1 unspecified atom stereocenters. The zero-order chi connectivity index (χ0) is 14.8. The summed E-state index contributed by atoms with van der Waals surface area (Å²) in [5.74, 6) is 0. The van der Waals surface area contributed by atoms with Crippen LogP contribution in [-0.2, 0) is 11.0 Å². The first-order valence-corrected chi connectivity index (χ1v) is 8.51. The molecule has 1 aromatic carbocycles. The lowest BCUT2D eigenvalue weighted by atomic mass is 10.0. The summed E-state index contributed by atoms with van der Waals surface area (Å²) in [5.41, 5.74) is -0.470. The summed E-state index contributed by atoms with van der Waals surface area (Å²) in [6.45, 7) is 0. The van der Waals surface area contributed by atoms with Crippen molar-refractivity contribution in [2.45, 2.75) is 50.4 Å². The van der Waals surface area contributed by atoms with Crippen LogP contribution in [0.15, 0.2) is 24.3 Å². The van der Waals surface area contributed by atoms with Gasteiger partial charge in [-0.1, -0.05) is 37.5 Å². The Labute approximate surface area is 116 Å². The number of halogens is 3. The van der Waals surface area contributed by atoms with Crippen molar-refractivity contribution in [3.05, 3.63) is 29.8 Å². The van der Waals surface area contributed by atoms with Gasteiger partial charge >= 0.3 is 6.18 Å². The molecule has 0 aliphatic heterocycles. The maximum atomic E-state index is 12.7. The third-order valence-electron chi connectivity index (χ3n) is 3.80. The molecule has 1 saturated carbocycles. The first kappa shape index (κ1) is 15.6. The monoisotopic (exact) mass is 306 g/mol. The highest BCUT2D eigenvalue weighted by Crippen LogP contribution is 2.51. The summed E-state index contributed by atoms with van der Waals surface area (Å²) in [6, 6.07) is 5.68. The largest absolute Gasteiger partial charge is 0.393 e. The van der Waals surface area contributed by atoms with Gasteiger partial charge in [0.1, 0.15) is 0 Å². The first-order chi connectivity index (χ1) is 9.31. The van der Waals surface area contributed by atoms with Gasteiger partial charge in [-0.25, -0.2) is 0 Å². The molecule has 1 aliphatic rings. The normalized spacial score (nSPS) is 20.6. The quantitative estimate of drug-likeness (QED) is 0.856. The molecule has 0 radical (unpaired) electrons. The van der Waals surface area contributed by atoms with Crippen LogP contribution in [0.1, 0.15) is 37.7 Å². The minimum Gasteiger partial charge on any atom is -0.341 e. The Morgan fingerprint density at radius 3 is 2.35 bits per heavy atom. The van der Waals surface area contributed by atoms with E-state index < -0.39 is 25.6 Å². The molecule has 1 N–H and O–H groups in total. The van der Waals surface area contributed by atoms with Gasteiger partial charge in [-0.05, 0) is 24.5 Å². The van der Waals surface area contributed by atoms with Crippen molar-refractivity contribution in [1.82, 2.24) is 0 Å². The summed E-state index contributed by atoms with van der Waals surface area (Å²) in [4.78, 5) is 10.4. The summed E-state index contributed by atoms with van der Waals surface area (Å²) in [5, 5.41) is -0.00998. The molecule has 0 bridgehead atoms. The van der Waals surface area contributed by atoms with Crippen LogP contribution < -0.4 is 5.30 Å². The highest BCUT2D eigenvalue weighted by atomic mass is 31.2. The molecule has 1 aliphatic carbocycles. The number of hydrogen-bond donors (Lipinski definition) is 1. The van der Waals surface area contributed by atoms with Crippen molar-refractivity contribution >= 4 is 12.7 Å². The second-order valence-corrected chi connectivity index (χ2v) is 7.79. The SMILES string of the molecule is O=P(O)(c1ccccc1CC(F)(F)F)C1CCCCC1. The van der Waals surface area contributed by atoms with Crippen molar-refractivity contribution in [2.24, 2.45) is 0 Å². The Balaban J connectivity index is 2.33. The smallest absolute Gasteiger partial charge is 0.341 e. The van der Waals surface area contributed by atoms with Crippen molar-refractivity contribution < 1.29 is 22.6 Å². The van der Waals surface area contributed by atoms with Crippen LogP contribution in [-0.4, -0.2) is 16.7 Å². The molecule has 0 heterocycles. The molecular formula is C14H18F3O2P. The minimum atomic E-state index is -4.37. The number of rotatable bonds is 3. The Hall–Kier alpha value is -0.800. The second-order valence-electron chi connectivity index (χ2n) is 5.34. The van der Waals surface area contributed by atoms with Gasteiger partial charge in [0.15, 0.2) is 0 Å². The molecule has 1 fully saturated rings. The van der Waals surface area contributed by atoms with Gasteiger partial charge in [0, 0.05) is 11.0 Å². The van der Waals surface area contributed by atoms with Crippen LogP contribution in [0.4, 0.5) is 13.2 Å². The van der Waals surface area contributed by atoms with E-state index in [1.54, 1.807) is 0 Å². The zero-order valence-corrected chi connectivity index (χ0v) is 12.0. The van der Waals surface area contributed by atoms with E-state index >= 15 is 0 Å². The molecule has 2 rings (SSSR count). The molecule has 0 amide bonds. The van der Waals surface area contributed by atoms with Crippen molar-refractivity contribution in [2.75, 3.05) is 0 Å². The van der Waals surface area contributed by atoms with E-state index in [0.717, 1.165) is 19.3 Å². The molecule has 1 aromatic rings. The van der Waals surface area contributed by atoms with E-state index in [1.165, 1.54) is 24.3 Å². The van der Waals surface area contributed by atoms with E-state index in [9.17, 15) is 22.6 Å². The molecule has 0 aromatic heterocycles. The van der Waals surface area contributed by atoms with Gasteiger partial charge in [0.05, 0.1) is 6.42 Å². The highest BCUT2D eigenvalue weighted by molar-refractivity contribution is 7.66. The van der Waals surface area contributed by atoms with Gasteiger partial charge in [-0.3, -0.25) is 4.57 Å². The lowest BCUT2D eigenvalue weighted by molar-refractivity contribution is -0.127. The maximum Gasteiger partial charge on any atom is 0.393 e. The van der Waals surface area contributed by atoms with Gasteiger partial charge < -0.3 is 4.89 Å². The van der Waals surface area contributed by atoms with Gasteiger partial charge in [-0.15, -0.1) is 0 Å². The summed E-state index contributed by atoms with van der Waals surface area (Å²) in [7, 11) is -3.74. The molecule has 1 atom stereocenters. The molecule has 0 spiro atoms. The third kappa shape index (κ3) is 3.64. The lowest BCUT2D eigenvalue weighted by Gasteiger charge is -2.28. The Morgan fingerprint density at radius 1 is 1.15 bits per heavy atom. The fourth-order valence-electron chi connectivity index (χ4n) is 2.82. The maximum absolute atomic E-state index is 12.7. The molecule has 0 saturated heterocycles. The topological polar surface area (TPSA) is 37.3 Å².